The molecular weight excluding hydrogens is 196 g/mol. The zero-order valence-corrected chi connectivity index (χ0v) is 10.5. The maximum atomic E-state index is 4.71. The van der Waals surface area contributed by atoms with E-state index in [0.29, 0.717) is 11.8 Å². The summed E-state index contributed by atoms with van der Waals surface area (Å²) in [6.45, 7) is 8.82. The first-order chi connectivity index (χ1) is 7.58. The Morgan fingerprint density at radius 2 is 1.94 bits per heavy atom. The van der Waals surface area contributed by atoms with E-state index in [1.54, 1.807) is 0 Å². The Balaban J connectivity index is 2.50. The highest BCUT2D eigenvalue weighted by molar-refractivity contribution is 5.78. The zero-order valence-electron chi connectivity index (χ0n) is 10.5. The number of nitrogens with zero attached hydrogens (tertiary/aromatic N) is 1. The SMILES string of the molecule is CC(C)Cc1cccc2[nH]c(C(C)C)nc12. The van der Waals surface area contributed by atoms with Crippen molar-refractivity contribution in [1.29, 1.82) is 0 Å². The normalized spacial score (nSPS) is 11.9. The lowest BCUT2D eigenvalue weighted by molar-refractivity contribution is 0.649. The van der Waals surface area contributed by atoms with Gasteiger partial charge in [0.2, 0.25) is 0 Å². The minimum absolute atomic E-state index is 0.458. The van der Waals surface area contributed by atoms with Crippen LogP contribution in [0.15, 0.2) is 18.2 Å². The lowest BCUT2D eigenvalue weighted by Gasteiger charge is -2.04. The highest BCUT2D eigenvalue weighted by Gasteiger charge is 2.10. The van der Waals surface area contributed by atoms with Crippen molar-refractivity contribution >= 4 is 11.0 Å². The topological polar surface area (TPSA) is 28.7 Å². The van der Waals surface area contributed by atoms with Crippen molar-refractivity contribution in [3.8, 4) is 0 Å². The fraction of sp³-hybridized carbons (Fsp3) is 0.500. The van der Waals surface area contributed by atoms with Gasteiger partial charge in [-0.2, -0.15) is 0 Å². The molecule has 2 nitrogen and oxygen atoms in total. The predicted octanol–water partition coefficient (Wildman–Crippen LogP) is 3.88. The molecule has 2 rings (SSSR count). The number of hydrogen-bond donors (Lipinski definition) is 1. The quantitative estimate of drug-likeness (QED) is 0.828. The Labute approximate surface area is 97.1 Å². The third-order valence-corrected chi connectivity index (χ3v) is 2.79. The number of para-hydroxylation sites is 1. The summed E-state index contributed by atoms with van der Waals surface area (Å²) in [7, 11) is 0. The minimum Gasteiger partial charge on any atom is -0.342 e. The molecule has 1 heterocycles. The summed E-state index contributed by atoms with van der Waals surface area (Å²) >= 11 is 0. The zero-order chi connectivity index (χ0) is 11.7. The number of aromatic nitrogens is 2. The van der Waals surface area contributed by atoms with E-state index in [2.05, 4.69) is 50.9 Å². The van der Waals surface area contributed by atoms with Crippen molar-refractivity contribution in [2.45, 2.75) is 40.0 Å². The largest absolute Gasteiger partial charge is 0.342 e. The van der Waals surface area contributed by atoms with Crippen molar-refractivity contribution in [3.63, 3.8) is 0 Å². The van der Waals surface area contributed by atoms with E-state index >= 15 is 0 Å². The van der Waals surface area contributed by atoms with Crippen LogP contribution >= 0.6 is 0 Å². The molecule has 0 bridgehead atoms. The number of aromatic amines is 1. The van der Waals surface area contributed by atoms with Crippen LogP contribution in [0.25, 0.3) is 11.0 Å². The molecule has 0 fully saturated rings. The fourth-order valence-electron chi connectivity index (χ4n) is 1.99. The molecule has 0 saturated carbocycles. The van der Waals surface area contributed by atoms with Gasteiger partial charge >= 0.3 is 0 Å². The lowest BCUT2D eigenvalue weighted by Crippen LogP contribution is -1.95. The number of nitrogens with one attached hydrogen (secondary N) is 1. The Kier molecular flexibility index (Phi) is 2.99. The third kappa shape index (κ3) is 2.11. The molecule has 0 aliphatic rings. The van der Waals surface area contributed by atoms with Gasteiger partial charge < -0.3 is 4.98 Å². The first-order valence-electron chi connectivity index (χ1n) is 6.05. The second kappa shape index (κ2) is 4.28. The number of imidazole rings is 1. The molecule has 0 aliphatic carbocycles. The van der Waals surface area contributed by atoms with Gasteiger partial charge in [-0.25, -0.2) is 4.98 Å². The second-order valence-corrected chi connectivity index (χ2v) is 5.19. The molecule has 0 spiro atoms. The van der Waals surface area contributed by atoms with Crippen molar-refractivity contribution < 1.29 is 0 Å². The average Bonchev–Trinajstić information content (AvgIpc) is 2.61. The molecule has 2 heteroatoms. The summed E-state index contributed by atoms with van der Waals surface area (Å²) < 4.78 is 0. The van der Waals surface area contributed by atoms with Gasteiger partial charge in [-0.15, -0.1) is 0 Å². The van der Waals surface area contributed by atoms with Crippen LogP contribution in [0.4, 0.5) is 0 Å². The average molecular weight is 216 g/mol. The smallest absolute Gasteiger partial charge is 0.109 e. The van der Waals surface area contributed by atoms with Crippen LogP contribution in [-0.2, 0) is 6.42 Å². The van der Waals surface area contributed by atoms with Crippen LogP contribution in [-0.4, -0.2) is 9.97 Å². The van der Waals surface area contributed by atoms with E-state index < -0.39 is 0 Å². The van der Waals surface area contributed by atoms with Gasteiger partial charge in [-0.05, 0) is 24.0 Å². The Hall–Kier alpha value is -1.31. The maximum absolute atomic E-state index is 4.71. The van der Waals surface area contributed by atoms with E-state index in [9.17, 15) is 0 Å². The van der Waals surface area contributed by atoms with Crippen LogP contribution in [0.5, 0.6) is 0 Å². The number of H-pyrrole nitrogens is 1. The monoisotopic (exact) mass is 216 g/mol. The predicted molar refractivity (Wildman–Crippen MR) is 68.7 cm³/mol. The Morgan fingerprint density at radius 3 is 2.56 bits per heavy atom. The van der Waals surface area contributed by atoms with Crippen molar-refractivity contribution in [2.24, 2.45) is 5.92 Å². The highest BCUT2D eigenvalue weighted by atomic mass is 14.9. The molecule has 0 aliphatic heterocycles. The molecular formula is C14H20N2. The molecule has 0 radical (unpaired) electrons. The maximum Gasteiger partial charge on any atom is 0.109 e. The van der Waals surface area contributed by atoms with Crippen LogP contribution < -0.4 is 0 Å². The van der Waals surface area contributed by atoms with E-state index in [1.807, 2.05) is 0 Å². The van der Waals surface area contributed by atoms with Gasteiger partial charge in [-0.1, -0.05) is 39.8 Å². The molecule has 1 aromatic carbocycles. The summed E-state index contributed by atoms with van der Waals surface area (Å²) in [4.78, 5) is 8.11. The van der Waals surface area contributed by atoms with Crippen molar-refractivity contribution in [3.05, 3.63) is 29.6 Å². The van der Waals surface area contributed by atoms with Crippen LogP contribution in [0.3, 0.4) is 0 Å². The number of fused-ring (bicyclic) bond motifs is 1. The van der Waals surface area contributed by atoms with E-state index in [1.165, 1.54) is 11.1 Å². The van der Waals surface area contributed by atoms with Gasteiger partial charge in [-0.3, -0.25) is 0 Å². The fourth-order valence-corrected chi connectivity index (χ4v) is 1.99. The van der Waals surface area contributed by atoms with Crippen molar-refractivity contribution in [1.82, 2.24) is 9.97 Å². The van der Waals surface area contributed by atoms with Crippen LogP contribution in [0, 0.1) is 5.92 Å². The molecule has 1 N–H and O–H groups in total. The van der Waals surface area contributed by atoms with Gasteiger partial charge in [0.1, 0.15) is 5.82 Å². The molecule has 86 valence electrons. The molecule has 2 aromatic rings. The number of rotatable bonds is 3. The van der Waals surface area contributed by atoms with E-state index in [4.69, 9.17) is 4.98 Å². The summed E-state index contributed by atoms with van der Waals surface area (Å²) in [5.74, 6) is 2.22. The second-order valence-electron chi connectivity index (χ2n) is 5.19. The van der Waals surface area contributed by atoms with Crippen molar-refractivity contribution in [2.75, 3.05) is 0 Å². The molecule has 16 heavy (non-hydrogen) atoms. The first kappa shape index (κ1) is 11.2. The highest BCUT2D eigenvalue weighted by Crippen LogP contribution is 2.22. The minimum atomic E-state index is 0.458. The third-order valence-electron chi connectivity index (χ3n) is 2.79. The van der Waals surface area contributed by atoms with Gasteiger partial charge in [0.05, 0.1) is 11.0 Å². The Bertz CT molecular complexity index is 480. The molecule has 0 saturated heterocycles. The van der Waals surface area contributed by atoms with Gasteiger partial charge in [0.25, 0.3) is 0 Å². The Morgan fingerprint density at radius 1 is 1.19 bits per heavy atom. The number of benzene rings is 1. The molecule has 0 atom stereocenters. The van der Waals surface area contributed by atoms with Crippen LogP contribution in [0.2, 0.25) is 0 Å². The summed E-state index contributed by atoms with van der Waals surface area (Å²) in [6.07, 6.45) is 1.10. The number of hydrogen-bond acceptors (Lipinski definition) is 1. The first-order valence-corrected chi connectivity index (χ1v) is 6.05. The molecule has 1 aromatic heterocycles. The van der Waals surface area contributed by atoms with E-state index in [-0.39, 0.29) is 0 Å². The summed E-state index contributed by atoms with van der Waals surface area (Å²) in [6, 6.07) is 6.41. The standard InChI is InChI=1S/C14H20N2/c1-9(2)8-11-6-5-7-12-13(11)16-14(15-12)10(3)4/h5-7,9-10H,8H2,1-4H3,(H,15,16). The van der Waals surface area contributed by atoms with E-state index in [0.717, 1.165) is 17.8 Å². The van der Waals surface area contributed by atoms with Gasteiger partial charge in [0, 0.05) is 5.92 Å². The summed E-state index contributed by atoms with van der Waals surface area (Å²) in [5, 5.41) is 0. The lowest BCUT2D eigenvalue weighted by atomic mass is 10.0. The van der Waals surface area contributed by atoms with Crippen LogP contribution in [0.1, 0.15) is 45.0 Å². The molecule has 0 unspecified atom stereocenters. The van der Waals surface area contributed by atoms with Gasteiger partial charge in [0.15, 0.2) is 0 Å². The summed E-state index contributed by atoms with van der Waals surface area (Å²) in [5.41, 5.74) is 3.68. The molecule has 0 amide bonds.